The molecule has 1 aromatic carbocycles. The Hall–Kier alpha value is -3.22. The lowest BCUT2D eigenvalue weighted by Crippen LogP contribution is -2.30. The smallest absolute Gasteiger partial charge is 0.337 e. The number of methoxy groups -OCH3 is 2. The Morgan fingerprint density at radius 2 is 2.03 bits per heavy atom. The van der Waals surface area contributed by atoms with Gasteiger partial charge >= 0.3 is 11.9 Å². The number of aromatic nitrogens is 1. The molecule has 3 heterocycles. The molecule has 0 fully saturated rings. The summed E-state index contributed by atoms with van der Waals surface area (Å²) in [6, 6.07) is 8.15. The number of nitrogens with one attached hydrogen (secondary N) is 1. The Morgan fingerprint density at radius 3 is 2.78 bits per heavy atom. The second-order valence-corrected chi connectivity index (χ2v) is 8.22. The Labute approximate surface area is 188 Å². The summed E-state index contributed by atoms with van der Waals surface area (Å²) in [6.07, 6.45) is 5.97. The molecule has 2 aliphatic heterocycles. The highest BCUT2D eigenvalue weighted by Gasteiger charge is 2.33. The molecule has 0 radical (unpaired) electrons. The topological polar surface area (TPSA) is 80.9 Å². The molecular weight excluding hydrogens is 408 g/mol. The van der Waals surface area contributed by atoms with Crippen molar-refractivity contribution in [3.8, 4) is 0 Å². The maximum absolute atomic E-state index is 12.8. The van der Waals surface area contributed by atoms with Crippen molar-refractivity contribution < 1.29 is 23.8 Å². The molecule has 2 aliphatic rings. The molecule has 0 spiro atoms. The number of allylic oxidation sites excluding steroid dienone is 1. The minimum atomic E-state index is -0.412. The fourth-order valence-electron chi connectivity index (χ4n) is 4.84. The number of rotatable bonds is 5. The molecule has 4 rings (SSSR count). The Bertz CT molecular complexity index is 1070. The number of carbonyl (C=O) groups excluding carboxylic acids is 2. The molecule has 170 valence electrons. The van der Waals surface area contributed by atoms with E-state index in [9.17, 15) is 9.59 Å². The number of benzene rings is 1. The number of nitrogens with zero attached hydrogens (tertiary/aromatic N) is 1. The van der Waals surface area contributed by atoms with Crippen molar-refractivity contribution in [3.05, 3.63) is 59.1 Å². The van der Waals surface area contributed by atoms with Crippen LogP contribution in [0.2, 0.25) is 0 Å². The number of ether oxygens (including phenoxy) is 3. The van der Waals surface area contributed by atoms with Crippen molar-refractivity contribution in [2.24, 2.45) is 5.92 Å². The summed E-state index contributed by atoms with van der Waals surface area (Å²) in [7, 11) is 2.82. The highest BCUT2D eigenvalue weighted by molar-refractivity contribution is 5.90. The molecule has 1 unspecified atom stereocenters. The first-order valence-electron chi connectivity index (χ1n) is 11.1. The largest absolute Gasteiger partial charge is 0.501 e. The van der Waals surface area contributed by atoms with E-state index < -0.39 is 5.92 Å². The zero-order valence-corrected chi connectivity index (χ0v) is 18.8. The highest BCUT2D eigenvalue weighted by atomic mass is 16.5. The van der Waals surface area contributed by atoms with Crippen LogP contribution in [0.5, 0.6) is 0 Å². The van der Waals surface area contributed by atoms with Gasteiger partial charge in [0.2, 0.25) is 0 Å². The quantitative estimate of drug-likeness (QED) is 0.718. The van der Waals surface area contributed by atoms with Gasteiger partial charge in [-0.1, -0.05) is 25.1 Å². The number of esters is 2. The maximum Gasteiger partial charge on any atom is 0.337 e. The van der Waals surface area contributed by atoms with Crippen LogP contribution in [0, 0.1) is 5.92 Å². The van der Waals surface area contributed by atoms with Crippen molar-refractivity contribution in [2.75, 3.05) is 33.9 Å². The highest BCUT2D eigenvalue weighted by Crippen LogP contribution is 2.34. The molecular formula is C25H30N2O5. The zero-order chi connectivity index (χ0) is 22.7. The Morgan fingerprint density at radius 1 is 1.22 bits per heavy atom. The van der Waals surface area contributed by atoms with Crippen molar-refractivity contribution in [3.63, 3.8) is 0 Å². The normalized spacial score (nSPS) is 21.3. The predicted octanol–water partition coefficient (Wildman–Crippen LogP) is 3.67. The number of para-hydroxylation sites is 1. The van der Waals surface area contributed by atoms with Crippen LogP contribution in [0.3, 0.4) is 0 Å². The molecule has 0 aliphatic carbocycles. The summed E-state index contributed by atoms with van der Waals surface area (Å²) in [6.45, 7) is 3.93. The number of hydrogen-bond donors (Lipinski definition) is 1. The van der Waals surface area contributed by atoms with Gasteiger partial charge in [0.25, 0.3) is 0 Å². The second-order valence-electron chi connectivity index (χ2n) is 8.22. The van der Waals surface area contributed by atoms with Crippen LogP contribution in [0.4, 0.5) is 0 Å². The summed E-state index contributed by atoms with van der Waals surface area (Å²) < 4.78 is 15.5. The van der Waals surface area contributed by atoms with Crippen LogP contribution in [0.15, 0.2) is 47.9 Å². The number of H-pyrrole nitrogens is 1. The van der Waals surface area contributed by atoms with E-state index in [4.69, 9.17) is 14.2 Å². The maximum atomic E-state index is 12.8. The molecule has 7 nitrogen and oxygen atoms in total. The summed E-state index contributed by atoms with van der Waals surface area (Å²) in [5, 5.41) is 1.15. The predicted molar refractivity (Wildman–Crippen MR) is 121 cm³/mol. The van der Waals surface area contributed by atoms with Gasteiger partial charge in [-0.05, 0) is 42.7 Å². The summed E-state index contributed by atoms with van der Waals surface area (Å²) in [5.41, 5.74) is 4.82. The lowest BCUT2D eigenvalue weighted by molar-refractivity contribution is -0.142. The van der Waals surface area contributed by atoms with Crippen LogP contribution in [-0.2, 0) is 30.2 Å². The average molecular weight is 439 g/mol. The Balaban J connectivity index is 1.67. The van der Waals surface area contributed by atoms with E-state index in [1.165, 1.54) is 26.0 Å². The van der Waals surface area contributed by atoms with Crippen molar-refractivity contribution in [1.29, 1.82) is 0 Å². The number of carbonyl (C=O) groups is 2. The van der Waals surface area contributed by atoms with Crippen LogP contribution in [0.1, 0.15) is 36.9 Å². The molecule has 1 N–H and O–H groups in total. The van der Waals surface area contributed by atoms with E-state index in [0.717, 1.165) is 48.0 Å². The first-order chi connectivity index (χ1) is 15.6. The van der Waals surface area contributed by atoms with Crippen LogP contribution >= 0.6 is 0 Å². The second kappa shape index (κ2) is 9.51. The summed E-state index contributed by atoms with van der Waals surface area (Å²) in [5.74, 6) is -1.08. The first kappa shape index (κ1) is 22.0. The third-order valence-electron chi connectivity index (χ3n) is 6.48. The van der Waals surface area contributed by atoms with E-state index in [-0.39, 0.29) is 17.9 Å². The lowest BCUT2D eigenvalue weighted by Gasteiger charge is -2.28. The average Bonchev–Trinajstić information content (AvgIpc) is 3.11. The third-order valence-corrected chi connectivity index (χ3v) is 6.48. The summed E-state index contributed by atoms with van der Waals surface area (Å²) in [4.78, 5) is 30.7. The van der Waals surface area contributed by atoms with E-state index >= 15 is 0 Å². The fourth-order valence-corrected chi connectivity index (χ4v) is 4.84. The SMILES string of the molecule is CC/C(=C\N1CCc2c([nH]c3ccccc23)C(C(=O)OC)C1)[C@@H]1CCOC=C1C(=O)OC. The van der Waals surface area contributed by atoms with Crippen LogP contribution < -0.4 is 0 Å². The molecule has 0 saturated heterocycles. The minimum absolute atomic E-state index is 0.0558. The van der Waals surface area contributed by atoms with Gasteiger partial charge in [-0.25, -0.2) is 4.79 Å². The first-order valence-corrected chi connectivity index (χ1v) is 11.1. The van der Waals surface area contributed by atoms with E-state index in [1.54, 1.807) is 0 Å². The lowest BCUT2D eigenvalue weighted by atomic mass is 9.86. The summed E-state index contributed by atoms with van der Waals surface area (Å²) >= 11 is 0. The van der Waals surface area contributed by atoms with Crippen LogP contribution in [-0.4, -0.2) is 55.7 Å². The monoisotopic (exact) mass is 438 g/mol. The van der Waals surface area contributed by atoms with Crippen molar-refractivity contribution in [1.82, 2.24) is 9.88 Å². The Kier molecular flexibility index (Phi) is 6.53. The van der Waals surface area contributed by atoms with E-state index in [0.29, 0.717) is 18.7 Å². The molecule has 2 aromatic rings. The van der Waals surface area contributed by atoms with Crippen molar-refractivity contribution in [2.45, 2.75) is 32.1 Å². The van der Waals surface area contributed by atoms with Gasteiger partial charge in [0, 0.05) is 35.6 Å². The molecule has 1 aromatic heterocycles. The molecule has 0 saturated carbocycles. The van der Waals surface area contributed by atoms with Gasteiger partial charge in [-0.2, -0.15) is 0 Å². The number of aromatic amines is 1. The standard InChI is InChI=1S/C25H30N2O5/c1-4-16(17-10-12-32-15-21(17)25(29)31-3)13-27-11-9-19-18-7-5-6-8-22(18)26-23(19)20(14-27)24(28)30-2/h5-8,13,15,17,20,26H,4,9-12,14H2,1-3H3/b16-13+/t17-,20?/m0/s1. The number of hydrogen-bond acceptors (Lipinski definition) is 6. The van der Waals surface area contributed by atoms with Gasteiger partial charge in [0.1, 0.15) is 5.92 Å². The van der Waals surface area contributed by atoms with Gasteiger partial charge in [-0.15, -0.1) is 0 Å². The minimum Gasteiger partial charge on any atom is -0.501 e. The number of fused-ring (bicyclic) bond motifs is 3. The van der Waals surface area contributed by atoms with Gasteiger partial charge in [0.05, 0.1) is 32.7 Å². The molecule has 2 atom stereocenters. The molecule has 0 amide bonds. The van der Waals surface area contributed by atoms with Gasteiger partial charge in [-0.3, -0.25) is 4.79 Å². The van der Waals surface area contributed by atoms with Gasteiger partial charge in [0.15, 0.2) is 0 Å². The molecule has 7 heteroatoms. The van der Waals surface area contributed by atoms with E-state index in [1.807, 2.05) is 18.2 Å². The molecule has 0 bridgehead atoms. The van der Waals surface area contributed by atoms with Crippen LogP contribution in [0.25, 0.3) is 10.9 Å². The zero-order valence-electron chi connectivity index (χ0n) is 18.8. The van der Waals surface area contributed by atoms with E-state index in [2.05, 4.69) is 29.1 Å². The fraction of sp³-hybridized carbons (Fsp3) is 0.440. The van der Waals surface area contributed by atoms with Gasteiger partial charge < -0.3 is 24.1 Å². The molecule has 32 heavy (non-hydrogen) atoms. The van der Waals surface area contributed by atoms with Crippen molar-refractivity contribution >= 4 is 22.8 Å². The third kappa shape index (κ3) is 4.11.